The average Bonchev–Trinajstić information content (AvgIpc) is 3.43. The van der Waals surface area contributed by atoms with Crippen molar-refractivity contribution in [1.29, 1.82) is 0 Å². The van der Waals surface area contributed by atoms with Crippen LogP contribution in [0.2, 0.25) is 0 Å². The first kappa shape index (κ1) is 36.5. The van der Waals surface area contributed by atoms with Gasteiger partial charge < -0.3 is 19.6 Å². The Morgan fingerprint density at radius 3 is 2.11 bits per heavy atom. The second-order valence-corrected chi connectivity index (χ2v) is 20.3. The van der Waals surface area contributed by atoms with Crippen molar-refractivity contribution in [3.63, 3.8) is 0 Å². The highest BCUT2D eigenvalue weighted by Gasteiger charge is 2.60. The summed E-state index contributed by atoms with van der Waals surface area (Å²) < 4.78 is 76.4. The van der Waals surface area contributed by atoms with Gasteiger partial charge in [0.05, 0.1) is 27.0 Å². The van der Waals surface area contributed by atoms with Crippen LogP contribution in [0.1, 0.15) is 97.6 Å². The van der Waals surface area contributed by atoms with Crippen LogP contribution in [-0.2, 0) is 40.6 Å². The van der Waals surface area contributed by atoms with Gasteiger partial charge in [0, 0.05) is 53.0 Å². The summed E-state index contributed by atoms with van der Waals surface area (Å²) in [7, 11) is -8.85. The zero-order chi connectivity index (χ0) is 38.3. The molecule has 11 nitrogen and oxygen atoms in total. The van der Waals surface area contributed by atoms with E-state index in [0.29, 0.717) is 32.2 Å². The van der Waals surface area contributed by atoms with E-state index in [-0.39, 0.29) is 27.7 Å². The molecule has 0 saturated carbocycles. The van der Waals surface area contributed by atoms with Crippen LogP contribution in [0.25, 0.3) is 0 Å². The second kappa shape index (κ2) is 11.3. The number of hydrogen-bond acceptors (Lipinski definition) is 8. The molecule has 0 bridgehead atoms. The van der Waals surface area contributed by atoms with Crippen LogP contribution < -0.4 is 9.80 Å². The van der Waals surface area contributed by atoms with E-state index < -0.39 is 48.2 Å². The molecule has 1 fully saturated rings. The van der Waals surface area contributed by atoms with Gasteiger partial charge in [-0.1, -0.05) is 33.3 Å². The number of benzene rings is 2. The summed E-state index contributed by atoms with van der Waals surface area (Å²) in [5.41, 5.74) is 5.23. The first-order valence-corrected chi connectivity index (χ1v) is 21.3. The number of ether oxygens (including phenoxy) is 1. The number of rotatable bonds is 7. The lowest BCUT2D eigenvalue weighted by atomic mass is 9.57. The number of allylic oxidation sites excluding steroid dienone is 1. The maximum Gasteiger partial charge on any atom is 0.303 e. The maximum atomic E-state index is 12.4. The van der Waals surface area contributed by atoms with Crippen molar-refractivity contribution in [2.45, 2.75) is 124 Å². The molecule has 1 saturated heterocycles. The summed E-state index contributed by atoms with van der Waals surface area (Å²) in [4.78, 5) is 15.8. The van der Waals surface area contributed by atoms with Gasteiger partial charge >= 0.3 is 5.97 Å². The number of fused-ring (bicyclic) bond motifs is 10. The fourth-order valence-electron chi connectivity index (χ4n) is 10.9. The van der Waals surface area contributed by atoms with Crippen LogP contribution in [0.15, 0.2) is 80.8 Å². The molecule has 2 unspecified atom stereocenters. The summed E-state index contributed by atoms with van der Waals surface area (Å²) >= 11 is 0. The van der Waals surface area contributed by atoms with Crippen molar-refractivity contribution in [3.05, 3.63) is 82.1 Å². The van der Waals surface area contributed by atoms with E-state index in [0.717, 1.165) is 58.7 Å². The van der Waals surface area contributed by atoms with Gasteiger partial charge in [0.25, 0.3) is 20.2 Å². The van der Waals surface area contributed by atoms with Crippen molar-refractivity contribution >= 4 is 37.6 Å². The summed E-state index contributed by atoms with van der Waals surface area (Å²) in [6.45, 7) is 14.5. The predicted molar refractivity (Wildman–Crippen MR) is 201 cm³/mol. The fourth-order valence-corrected chi connectivity index (χ4v) is 12.0. The molecule has 0 aromatic heterocycles. The lowest BCUT2D eigenvalue weighted by Gasteiger charge is -2.58. The predicted octanol–water partition coefficient (Wildman–Crippen LogP) is 6.94. The third-order valence-electron chi connectivity index (χ3n) is 13.5. The highest BCUT2D eigenvalue weighted by atomic mass is 32.2. The molecular formula is C40H48N2O9S2. The SMILES string of the molecule is CC1(CCCCC(=O)O)C2=C3C=C4C=C5C6N(CC[C@@]5(C)C[C@@]4(C)O[C@@]3(C)CCN2c2ccc(S(=O)(=O)O)cc21)c1ccc(S(=O)(=O)O)cc1C6(C)C. The fraction of sp³-hybridized carbons (Fsp3) is 0.525. The lowest BCUT2D eigenvalue weighted by Crippen LogP contribution is -2.59. The van der Waals surface area contributed by atoms with Gasteiger partial charge in [-0.2, -0.15) is 16.8 Å². The topological polar surface area (TPSA) is 162 Å². The summed E-state index contributed by atoms with van der Waals surface area (Å²) in [6, 6.07) is 9.64. The number of piperidine rings is 1. The number of aliphatic carboxylic acids is 1. The zero-order valence-corrected chi connectivity index (χ0v) is 32.7. The molecular weight excluding hydrogens is 717 g/mol. The Kier molecular flexibility index (Phi) is 7.77. The molecule has 1 aliphatic carbocycles. The minimum Gasteiger partial charge on any atom is -0.481 e. The molecule has 8 rings (SSSR count). The molecule has 13 heteroatoms. The molecule has 0 amide bonds. The van der Waals surface area contributed by atoms with Gasteiger partial charge in [-0.25, -0.2) is 0 Å². The van der Waals surface area contributed by atoms with Gasteiger partial charge in [-0.15, -0.1) is 0 Å². The molecule has 2 aromatic rings. The molecule has 5 heterocycles. The molecule has 2 aromatic carbocycles. The molecule has 0 spiro atoms. The highest BCUT2D eigenvalue weighted by molar-refractivity contribution is 7.86. The van der Waals surface area contributed by atoms with Crippen LogP contribution in [-0.4, -0.2) is 67.4 Å². The summed E-state index contributed by atoms with van der Waals surface area (Å²) in [5, 5.41) is 9.37. The number of carboxylic acids is 1. The second-order valence-electron chi connectivity index (χ2n) is 17.5. The highest BCUT2D eigenvalue weighted by Crippen LogP contribution is 2.63. The smallest absolute Gasteiger partial charge is 0.303 e. The summed E-state index contributed by atoms with van der Waals surface area (Å²) in [5.74, 6) is -0.861. The average molecular weight is 765 g/mol. The minimum atomic E-state index is -4.47. The van der Waals surface area contributed by atoms with Crippen molar-refractivity contribution in [2.75, 3.05) is 22.9 Å². The number of carboxylic acid groups (broad SMARTS) is 1. The van der Waals surface area contributed by atoms with Gasteiger partial charge in [0.2, 0.25) is 0 Å². The number of carbonyl (C=O) groups is 1. The number of anilines is 2. The Balaban J connectivity index is 1.30. The lowest BCUT2D eigenvalue weighted by molar-refractivity contribution is -0.137. The molecule has 53 heavy (non-hydrogen) atoms. The third kappa shape index (κ3) is 5.32. The normalized spacial score (nSPS) is 32.4. The van der Waals surface area contributed by atoms with Gasteiger partial charge in [0.1, 0.15) is 0 Å². The van der Waals surface area contributed by atoms with Crippen LogP contribution in [0.4, 0.5) is 11.4 Å². The zero-order valence-electron chi connectivity index (χ0n) is 31.1. The number of hydrogen-bond donors (Lipinski definition) is 3. The monoisotopic (exact) mass is 764 g/mol. The van der Waals surface area contributed by atoms with Crippen molar-refractivity contribution in [1.82, 2.24) is 0 Å². The maximum absolute atomic E-state index is 12.4. The standard InChI is InChI=1S/C40H48N2O9S2/c1-36(2)27-21-25(52(45,46)47)10-12-31(27)41-17-15-37(3)23-40(6)24(19-29(37)34(36)41)20-30-35-38(4,14-8-7-9-33(43)44)28-22-26(53(48,49)50)11-13-32(28)42(35)18-16-39(30,5)51-40/h10-13,19-22,34H,7-9,14-18,23H2,1-6H3,(H,43,44)(H,45,46,47)(H,48,49,50)/t34?,37-,38?,39-,40+/m0/s1. The molecule has 6 aliphatic rings. The van der Waals surface area contributed by atoms with E-state index in [1.165, 1.54) is 17.7 Å². The third-order valence-corrected chi connectivity index (χ3v) is 15.2. The van der Waals surface area contributed by atoms with E-state index in [4.69, 9.17) is 4.74 Å². The first-order chi connectivity index (χ1) is 24.5. The van der Waals surface area contributed by atoms with E-state index in [1.54, 1.807) is 18.2 Å². The van der Waals surface area contributed by atoms with Crippen molar-refractivity contribution in [3.8, 4) is 0 Å². The van der Waals surface area contributed by atoms with Crippen LogP contribution >= 0.6 is 0 Å². The largest absolute Gasteiger partial charge is 0.481 e. The van der Waals surface area contributed by atoms with Gasteiger partial charge in [-0.05, 0) is 123 Å². The van der Waals surface area contributed by atoms with E-state index in [2.05, 4.69) is 63.5 Å². The van der Waals surface area contributed by atoms with Crippen LogP contribution in [0, 0.1) is 5.41 Å². The van der Waals surface area contributed by atoms with Gasteiger partial charge in [0.15, 0.2) is 0 Å². The Morgan fingerprint density at radius 1 is 0.830 bits per heavy atom. The Morgan fingerprint density at radius 2 is 1.47 bits per heavy atom. The summed E-state index contributed by atoms with van der Waals surface area (Å²) in [6.07, 6.45) is 8.62. The molecule has 5 atom stereocenters. The number of unbranched alkanes of at least 4 members (excludes halogenated alkanes) is 1. The molecule has 0 radical (unpaired) electrons. The molecule has 3 N–H and O–H groups in total. The quantitative estimate of drug-likeness (QED) is 0.198. The Hall–Kier alpha value is -3.49. The molecule has 284 valence electrons. The molecule has 5 aliphatic heterocycles. The van der Waals surface area contributed by atoms with Crippen LogP contribution in [0.3, 0.4) is 0 Å². The Bertz CT molecular complexity index is 2310. The van der Waals surface area contributed by atoms with E-state index >= 15 is 0 Å². The Labute approximate surface area is 311 Å². The van der Waals surface area contributed by atoms with E-state index in [1.807, 2.05) is 6.07 Å². The van der Waals surface area contributed by atoms with Crippen molar-refractivity contribution < 1.29 is 40.6 Å². The van der Waals surface area contributed by atoms with Crippen LogP contribution in [0.5, 0.6) is 0 Å². The first-order valence-electron chi connectivity index (χ1n) is 18.4. The number of nitrogens with zero attached hydrogens (tertiary/aromatic N) is 2. The van der Waals surface area contributed by atoms with Gasteiger partial charge in [-0.3, -0.25) is 13.9 Å². The minimum absolute atomic E-state index is 0.0364. The van der Waals surface area contributed by atoms with Crippen molar-refractivity contribution in [2.24, 2.45) is 5.41 Å². The van der Waals surface area contributed by atoms with E-state index in [9.17, 15) is 35.8 Å².